The van der Waals surface area contributed by atoms with Gasteiger partial charge in [-0.25, -0.2) is 0 Å². The molecule has 0 spiro atoms. The Morgan fingerprint density at radius 3 is 2.16 bits per heavy atom. The lowest BCUT2D eigenvalue weighted by Gasteiger charge is -2.19. The lowest BCUT2D eigenvalue weighted by atomic mass is 9.92. The Balaban J connectivity index is 2.42. The van der Waals surface area contributed by atoms with E-state index < -0.39 is 6.10 Å². The van der Waals surface area contributed by atoms with Crippen LogP contribution in [0.2, 0.25) is 0 Å². The molecule has 2 nitrogen and oxygen atoms in total. The average Bonchev–Trinajstić information content (AvgIpc) is 2.45. The summed E-state index contributed by atoms with van der Waals surface area (Å²) in [4.78, 5) is 0. The number of hydrogen-bond acceptors (Lipinski definition) is 2. The van der Waals surface area contributed by atoms with Crippen LogP contribution in [0, 0.1) is 0 Å². The molecule has 0 saturated carbocycles. The van der Waals surface area contributed by atoms with E-state index >= 15 is 0 Å². The van der Waals surface area contributed by atoms with Gasteiger partial charge in [0.2, 0.25) is 0 Å². The molecule has 0 heterocycles. The summed E-state index contributed by atoms with van der Waals surface area (Å²) >= 11 is 0. The molecule has 0 radical (unpaired) electrons. The zero-order chi connectivity index (χ0) is 13.4. The minimum Gasteiger partial charge on any atom is -0.391 e. The van der Waals surface area contributed by atoms with Gasteiger partial charge in [-0.2, -0.15) is 0 Å². The monoisotopic (exact) mass is 251 g/mol. The fraction of sp³-hybridized carbons (Fsp3) is 0.176. The van der Waals surface area contributed by atoms with E-state index in [1.165, 1.54) is 10.8 Å². The third kappa shape index (κ3) is 1.99. The summed E-state index contributed by atoms with van der Waals surface area (Å²) < 4.78 is 0. The smallest absolute Gasteiger partial charge is 0.0704 e. The first-order valence-corrected chi connectivity index (χ1v) is 6.52. The zero-order valence-electron chi connectivity index (χ0n) is 10.9. The SMILES string of the molecule is C[C@H](O)[C@H](N)c1cc2ccccc2c2ccccc12. The van der Waals surface area contributed by atoms with Crippen LogP contribution in [-0.2, 0) is 0 Å². The van der Waals surface area contributed by atoms with E-state index in [4.69, 9.17) is 5.73 Å². The summed E-state index contributed by atoms with van der Waals surface area (Å²) in [7, 11) is 0. The normalized spacial score (nSPS) is 14.7. The summed E-state index contributed by atoms with van der Waals surface area (Å²) in [5, 5.41) is 14.5. The van der Waals surface area contributed by atoms with Crippen molar-refractivity contribution in [2.45, 2.75) is 19.1 Å². The highest BCUT2D eigenvalue weighted by Gasteiger charge is 2.16. The lowest BCUT2D eigenvalue weighted by molar-refractivity contribution is 0.165. The summed E-state index contributed by atoms with van der Waals surface area (Å²) in [6.07, 6.45) is -0.565. The molecule has 3 N–H and O–H groups in total. The minimum atomic E-state index is -0.565. The van der Waals surface area contributed by atoms with Gasteiger partial charge in [-0.3, -0.25) is 0 Å². The Hall–Kier alpha value is -1.90. The highest BCUT2D eigenvalue weighted by atomic mass is 16.3. The Kier molecular flexibility index (Phi) is 2.97. The number of rotatable bonds is 2. The summed E-state index contributed by atoms with van der Waals surface area (Å²) in [6, 6.07) is 18.2. The predicted molar refractivity (Wildman–Crippen MR) is 80.1 cm³/mol. The molecule has 96 valence electrons. The Morgan fingerprint density at radius 1 is 0.895 bits per heavy atom. The number of benzene rings is 3. The second-order valence-electron chi connectivity index (χ2n) is 5.00. The molecule has 3 aromatic rings. The van der Waals surface area contributed by atoms with E-state index in [1.54, 1.807) is 6.92 Å². The standard InChI is InChI=1S/C17H17NO/c1-11(19)17(18)16-10-12-6-2-3-7-13(12)14-8-4-5-9-15(14)16/h2-11,17,19H,18H2,1H3/t11-,17-/m0/s1. The summed E-state index contributed by atoms with van der Waals surface area (Å²) in [5.74, 6) is 0. The van der Waals surface area contributed by atoms with E-state index in [9.17, 15) is 5.11 Å². The largest absolute Gasteiger partial charge is 0.391 e. The van der Waals surface area contributed by atoms with Crippen LogP contribution in [0.25, 0.3) is 21.5 Å². The van der Waals surface area contributed by atoms with Crippen molar-refractivity contribution in [3.63, 3.8) is 0 Å². The fourth-order valence-electron chi connectivity index (χ4n) is 2.62. The van der Waals surface area contributed by atoms with Gasteiger partial charge in [0.15, 0.2) is 0 Å². The maximum Gasteiger partial charge on any atom is 0.0704 e. The molecule has 0 bridgehead atoms. The number of aliphatic hydroxyl groups excluding tert-OH is 1. The third-order valence-corrected chi connectivity index (χ3v) is 3.68. The van der Waals surface area contributed by atoms with Crippen molar-refractivity contribution in [1.82, 2.24) is 0 Å². The Bertz CT molecular complexity index is 733. The molecule has 0 aliphatic heterocycles. The molecule has 19 heavy (non-hydrogen) atoms. The zero-order valence-corrected chi connectivity index (χ0v) is 10.9. The van der Waals surface area contributed by atoms with Crippen LogP contribution < -0.4 is 5.73 Å². The van der Waals surface area contributed by atoms with Crippen LogP contribution in [0.1, 0.15) is 18.5 Å². The van der Waals surface area contributed by atoms with Crippen LogP contribution in [0.15, 0.2) is 54.6 Å². The molecule has 0 saturated heterocycles. The number of fused-ring (bicyclic) bond motifs is 3. The van der Waals surface area contributed by atoms with Gasteiger partial charge in [0.1, 0.15) is 0 Å². The third-order valence-electron chi connectivity index (χ3n) is 3.68. The summed E-state index contributed by atoms with van der Waals surface area (Å²) in [6.45, 7) is 1.73. The van der Waals surface area contributed by atoms with Crippen molar-refractivity contribution in [3.8, 4) is 0 Å². The molecule has 0 aromatic heterocycles. The quantitative estimate of drug-likeness (QED) is 0.686. The van der Waals surface area contributed by atoms with Gasteiger partial charge in [0.25, 0.3) is 0 Å². The van der Waals surface area contributed by atoms with Gasteiger partial charge in [-0.1, -0.05) is 48.5 Å². The molecule has 3 aromatic carbocycles. The molecule has 0 unspecified atom stereocenters. The molecule has 3 rings (SSSR count). The predicted octanol–water partition coefficient (Wildman–Crippen LogP) is 3.37. The Morgan fingerprint density at radius 2 is 1.47 bits per heavy atom. The first-order chi connectivity index (χ1) is 9.18. The molecule has 2 heteroatoms. The van der Waals surface area contributed by atoms with E-state index in [1.807, 2.05) is 24.3 Å². The van der Waals surface area contributed by atoms with Gasteiger partial charge in [-0.15, -0.1) is 0 Å². The topological polar surface area (TPSA) is 46.2 Å². The molecule has 2 atom stereocenters. The molecule has 0 amide bonds. The van der Waals surface area contributed by atoms with Gasteiger partial charge < -0.3 is 10.8 Å². The maximum absolute atomic E-state index is 9.78. The van der Waals surface area contributed by atoms with Gasteiger partial charge >= 0.3 is 0 Å². The van der Waals surface area contributed by atoms with E-state index in [2.05, 4.69) is 30.3 Å². The second kappa shape index (κ2) is 4.65. The summed E-state index contributed by atoms with van der Waals surface area (Å²) in [5.41, 5.74) is 7.15. The van der Waals surface area contributed by atoms with E-state index in [0.29, 0.717) is 0 Å². The molecular formula is C17H17NO. The van der Waals surface area contributed by atoms with Crippen molar-refractivity contribution in [3.05, 3.63) is 60.2 Å². The number of nitrogens with two attached hydrogens (primary N) is 1. The van der Waals surface area contributed by atoms with E-state index in [0.717, 1.165) is 16.3 Å². The highest BCUT2D eigenvalue weighted by Crippen LogP contribution is 2.32. The lowest BCUT2D eigenvalue weighted by Crippen LogP contribution is -2.23. The molecular weight excluding hydrogens is 234 g/mol. The number of aliphatic hydroxyl groups is 1. The van der Waals surface area contributed by atoms with Crippen LogP contribution in [0.4, 0.5) is 0 Å². The van der Waals surface area contributed by atoms with Gasteiger partial charge in [0.05, 0.1) is 12.1 Å². The van der Waals surface area contributed by atoms with Crippen molar-refractivity contribution < 1.29 is 5.11 Å². The van der Waals surface area contributed by atoms with Gasteiger partial charge in [-0.05, 0) is 40.1 Å². The second-order valence-corrected chi connectivity index (χ2v) is 5.00. The molecule has 0 fully saturated rings. The van der Waals surface area contributed by atoms with Crippen molar-refractivity contribution in [2.75, 3.05) is 0 Å². The van der Waals surface area contributed by atoms with Crippen molar-refractivity contribution in [2.24, 2.45) is 5.73 Å². The maximum atomic E-state index is 9.78. The van der Waals surface area contributed by atoms with Crippen LogP contribution in [0.5, 0.6) is 0 Å². The number of hydrogen-bond donors (Lipinski definition) is 2. The van der Waals surface area contributed by atoms with Crippen molar-refractivity contribution >= 4 is 21.5 Å². The molecule has 0 aliphatic rings. The van der Waals surface area contributed by atoms with Crippen molar-refractivity contribution in [1.29, 1.82) is 0 Å². The average molecular weight is 251 g/mol. The first kappa shape index (κ1) is 12.2. The highest BCUT2D eigenvalue weighted by molar-refractivity contribution is 6.09. The molecule has 0 aliphatic carbocycles. The van der Waals surface area contributed by atoms with Crippen LogP contribution in [-0.4, -0.2) is 11.2 Å². The first-order valence-electron chi connectivity index (χ1n) is 6.52. The van der Waals surface area contributed by atoms with Crippen LogP contribution >= 0.6 is 0 Å². The van der Waals surface area contributed by atoms with E-state index in [-0.39, 0.29) is 6.04 Å². The Labute approximate surface area is 112 Å². The van der Waals surface area contributed by atoms with Crippen LogP contribution in [0.3, 0.4) is 0 Å². The fourth-order valence-corrected chi connectivity index (χ4v) is 2.62. The minimum absolute atomic E-state index is 0.366. The van der Waals surface area contributed by atoms with Gasteiger partial charge in [0, 0.05) is 0 Å².